The van der Waals surface area contributed by atoms with Crippen LogP contribution in [0.2, 0.25) is 0 Å². The highest BCUT2D eigenvalue weighted by atomic mass is 32.2. The highest BCUT2D eigenvalue weighted by Gasteiger charge is 2.12. The van der Waals surface area contributed by atoms with Crippen molar-refractivity contribution in [2.45, 2.75) is 4.90 Å². The van der Waals surface area contributed by atoms with Crippen molar-refractivity contribution in [3.63, 3.8) is 0 Å². The highest BCUT2D eigenvalue weighted by molar-refractivity contribution is 7.90. The van der Waals surface area contributed by atoms with Crippen LogP contribution in [0.25, 0.3) is 10.2 Å². The first-order chi connectivity index (χ1) is 11.8. The number of carbonyl (C=O) groups excluding carboxylic acids is 1. The van der Waals surface area contributed by atoms with Crippen LogP contribution in [-0.2, 0) is 9.84 Å². The summed E-state index contributed by atoms with van der Waals surface area (Å²) in [6, 6.07) is 12.6. The summed E-state index contributed by atoms with van der Waals surface area (Å²) in [5.41, 5.74) is 1.52. The molecular formula is C16H12N4O3S2. The van der Waals surface area contributed by atoms with E-state index >= 15 is 0 Å². The summed E-state index contributed by atoms with van der Waals surface area (Å²) in [6.07, 6.45) is 1.14. The minimum absolute atomic E-state index is 0.202. The number of benzene rings is 2. The Morgan fingerprint density at radius 2 is 2.00 bits per heavy atom. The van der Waals surface area contributed by atoms with Crippen LogP contribution in [-0.4, -0.2) is 25.7 Å². The lowest BCUT2D eigenvalue weighted by molar-refractivity contribution is 0.262. The quantitative estimate of drug-likeness (QED) is 0.733. The summed E-state index contributed by atoms with van der Waals surface area (Å²) in [7, 11) is -3.30. The first-order valence-corrected chi connectivity index (χ1v) is 9.75. The molecule has 2 N–H and O–H groups in total. The van der Waals surface area contributed by atoms with Crippen LogP contribution in [0.15, 0.2) is 47.4 Å². The Morgan fingerprint density at radius 1 is 1.20 bits per heavy atom. The number of amides is 2. The van der Waals surface area contributed by atoms with E-state index in [-0.39, 0.29) is 4.90 Å². The average molecular weight is 372 g/mol. The molecule has 0 aliphatic heterocycles. The number of thiazole rings is 1. The molecule has 7 nitrogen and oxygen atoms in total. The van der Waals surface area contributed by atoms with E-state index in [1.807, 2.05) is 6.07 Å². The fourth-order valence-corrected chi connectivity index (χ4v) is 3.74. The molecule has 0 spiro atoms. The molecule has 9 heteroatoms. The number of nitriles is 1. The zero-order chi connectivity index (χ0) is 18.0. The van der Waals surface area contributed by atoms with Crippen molar-refractivity contribution in [1.29, 1.82) is 5.26 Å². The summed E-state index contributed by atoms with van der Waals surface area (Å²) in [5, 5.41) is 14.4. The summed E-state index contributed by atoms with van der Waals surface area (Å²) in [4.78, 5) is 16.5. The number of nitrogens with zero attached hydrogens (tertiary/aromatic N) is 2. The minimum atomic E-state index is -3.30. The van der Waals surface area contributed by atoms with E-state index in [4.69, 9.17) is 5.26 Å². The van der Waals surface area contributed by atoms with Gasteiger partial charge in [-0.15, -0.1) is 0 Å². The second-order valence-electron chi connectivity index (χ2n) is 5.19. The van der Waals surface area contributed by atoms with E-state index in [1.165, 1.54) is 23.5 Å². The molecule has 0 saturated heterocycles. The van der Waals surface area contributed by atoms with Crippen LogP contribution in [0.4, 0.5) is 15.6 Å². The molecule has 1 aromatic heterocycles. The van der Waals surface area contributed by atoms with Gasteiger partial charge in [0.2, 0.25) is 0 Å². The van der Waals surface area contributed by atoms with Crippen molar-refractivity contribution in [3.05, 3.63) is 48.0 Å². The smallest absolute Gasteiger partial charge is 0.308 e. The maximum atomic E-state index is 12.1. The van der Waals surface area contributed by atoms with E-state index < -0.39 is 15.9 Å². The molecule has 0 atom stereocenters. The van der Waals surface area contributed by atoms with Gasteiger partial charge in [-0.25, -0.2) is 18.2 Å². The Hall–Kier alpha value is -2.96. The first kappa shape index (κ1) is 16.9. The van der Waals surface area contributed by atoms with Crippen LogP contribution >= 0.6 is 11.3 Å². The van der Waals surface area contributed by atoms with Gasteiger partial charge in [0.25, 0.3) is 0 Å². The average Bonchev–Trinajstić information content (AvgIpc) is 2.95. The predicted molar refractivity (Wildman–Crippen MR) is 96.5 cm³/mol. The third kappa shape index (κ3) is 3.93. The first-order valence-electron chi connectivity index (χ1n) is 7.04. The summed E-state index contributed by atoms with van der Waals surface area (Å²) in [5.74, 6) is 0. The van der Waals surface area contributed by atoms with Crippen molar-refractivity contribution >= 4 is 48.2 Å². The fraction of sp³-hybridized carbons (Fsp3) is 0.0625. The van der Waals surface area contributed by atoms with Crippen molar-refractivity contribution in [2.24, 2.45) is 0 Å². The number of rotatable bonds is 3. The third-order valence-electron chi connectivity index (χ3n) is 3.26. The van der Waals surface area contributed by atoms with Crippen molar-refractivity contribution < 1.29 is 13.2 Å². The number of aromatic nitrogens is 1. The van der Waals surface area contributed by atoms with E-state index in [0.717, 1.165) is 6.26 Å². The van der Waals surface area contributed by atoms with Gasteiger partial charge < -0.3 is 5.32 Å². The molecule has 2 aromatic carbocycles. The topological polar surface area (TPSA) is 112 Å². The Kier molecular flexibility index (Phi) is 4.39. The third-order valence-corrected chi connectivity index (χ3v) is 5.30. The summed E-state index contributed by atoms with van der Waals surface area (Å²) >= 11 is 1.17. The minimum Gasteiger partial charge on any atom is -0.308 e. The number of hydrogen-bond acceptors (Lipinski definition) is 6. The molecule has 0 radical (unpaired) electrons. The van der Waals surface area contributed by atoms with Gasteiger partial charge in [0, 0.05) is 11.9 Å². The van der Waals surface area contributed by atoms with E-state index in [0.29, 0.717) is 26.6 Å². The van der Waals surface area contributed by atoms with Gasteiger partial charge in [0.1, 0.15) is 0 Å². The molecule has 3 aromatic rings. The lowest BCUT2D eigenvalue weighted by atomic mass is 10.2. The van der Waals surface area contributed by atoms with Gasteiger partial charge in [-0.1, -0.05) is 17.4 Å². The molecule has 0 saturated carbocycles. The van der Waals surface area contributed by atoms with Crippen molar-refractivity contribution in [3.8, 4) is 6.07 Å². The zero-order valence-electron chi connectivity index (χ0n) is 13.0. The van der Waals surface area contributed by atoms with E-state index in [1.54, 1.807) is 30.3 Å². The second-order valence-corrected chi connectivity index (χ2v) is 8.24. The number of nitrogens with one attached hydrogen (secondary N) is 2. The molecule has 0 aliphatic rings. The van der Waals surface area contributed by atoms with Crippen LogP contribution < -0.4 is 10.6 Å². The maximum Gasteiger partial charge on any atom is 0.325 e. The molecule has 2 amide bonds. The van der Waals surface area contributed by atoms with Gasteiger partial charge in [-0.3, -0.25) is 5.32 Å². The number of fused-ring (bicyclic) bond motifs is 1. The number of hydrogen-bond donors (Lipinski definition) is 2. The molecule has 25 heavy (non-hydrogen) atoms. The Balaban J connectivity index is 1.78. The van der Waals surface area contributed by atoms with Gasteiger partial charge in [0.05, 0.1) is 26.7 Å². The molecule has 0 aliphatic carbocycles. The Labute approximate surface area is 147 Å². The van der Waals surface area contributed by atoms with Crippen molar-refractivity contribution in [1.82, 2.24) is 4.98 Å². The molecule has 3 rings (SSSR count). The predicted octanol–water partition coefficient (Wildman–Crippen LogP) is 3.22. The Morgan fingerprint density at radius 3 is 2.72 bits per heavy atom. The molecular weight excluding hydrogens is 360 g/mol. The molecule has 0 fully saturated rings. The number of sulfone groups is 1. The van der Waals surface area contributed by atoms with Gasteiger partial charge >= 0.3 is 6.03 Å². The second kappa shape index (κ2) is 6.51. The highest BCUT2D eigenvalue weighted by Crippen LogP contribution is 2.28. The SMILES string of the molecule is CS(=O)(=O)c1ccc2nc(NC(=O)Nc3cccc(C#N)c3)sc2c1. The molecule has 126 valence electrons. The molecule has 0 unspecified atom stereocenters. The molecule has 1 heterocycles. The van der Waals surface area contributed by atoms with Crippen LogP contribution in [0.5, 0.6) is 0 Å². The zero-order valence-corrected chi connectivity index (χ0v) is 14.6. The number of carbonyl (C=O) groups is 1. The largest absolute Gasteiger partial charge is 0.325 e. The standard InChI is InChI=1S/C16H12N4O3S2/c1-25(22,23)12-5-6-13-14(8-12)24-16(19-13)20-15(21)18-11-4-2-3-10(7-11)9-17/h2-8H,1H3,(H2,18,19,20,21). The van der Waals surface area contributed by atoms with Gasteiger partial charge in [-0.05, 0) is 36.4 Å². The lowest BCUT2D eigenvalue weighted by Gasteiger charge is -2.05. The van der Waals surface area contributed by atoms with Crippen LogP contribution in [0.3, 0.4) is 0 Å². The Bertz CT molecular complexity index is 1110. The van der Waals surface area contributed by atoms with Crippen LogP contribution in [0, 0.1) is 11.3 Å². The lowest BCUT2D eigenvalue weighted by Crippen LogP contribution is -2.19. The van der Waals surface area contributed by atoms with Gasteiger partial charge in [0.15, 0.2) is 15.0 Å². The number of urea groups is 1. The normalized spacial score (nSPS) is 11.0. The van der Waals surface area contributed by atoms with Gasteiger partial charge in [-0.2, -0.15) is 5.26 Å². The van der Waals surface area contributed by atoms with Crippen LogP contribution in [0.1, 0.15) is 5.56 Å². The van der Waals surface area contributed by atoms with E-state index in [9.17, 15) is 13.2 Å². The maximum absolute atomic E-state index is 12.1. The van der Waals surface area contributed by atoms with E-state index in [2.05, 4.69) is 15.6 Å². The monoisotopic (exact) mass is 372 g/mol. The molecule has 0 bridgehead atoms. The summed E-state index contributed by atoms with van der Waals surface area (Å²) < 4.78 is 23.9. The fourth-order valence-electron chi connectivity index (χ4n) is 2.12. The number of anilines is 2. The summed E-state index contributed by atoms with van der Waals surface area (Å²) in [6.45, 7) is 0. The van der Waals surface area contributed by atoms with Crippen molar-refractivity contribution in [2.75, 3.05) is 16.9 Å².